The van der Waals surface area contributed by atoms with E-state index in [1.165, 1.54) is 5.56 Å². The van der Waals surface area contributed by atoms with Crippen LogP contribution in [0.4, 0.5) is 20.4 Å². The summed E-state index contributed by atoms with van der Waals surface area (Å²) in [7, 11) is 0. The van der Waals surface area contributed by atoms with Crippen molar-refractivity contribution in [2.45, 2.75) is 57.4 Å². The van der Waals surface area contributed by atoms with Gasteiger partial charge in [-0.2, -0.15) is 0 Å². The van der Waals surface area contributed by atoms with E-state index in [1.54, 1.807) is 18.5 Å². The number of aliphatic carboxylic acids is 1. The summed E-state index contributed by atoms with van der Waals surface area (Å²) in [6, 6.07) is 14.3. The Morgan fingerprint density at radius 1 is 1.00 bits per heavy atom. The molecule has 1 unspecified atom stereocenters. The number of rotatable bonds is 15. The predicted octanol–water partition coefficient (Wildman–Crippen LogP) is 5.68. The fourth-order valence-electron chi connectivity index (χ4n) is 5.31. The van der Waals surface area contributed by atoms with Crippen LogP contribution in [0.2, 0.25) is 0 Å². The number of carboxylic acids is 1. The number of nitrogens with zero attached hydrogens (tertiary/aromatic N) is 5. The van der Waals surface area contributed by atoms with Crippen LogP contribution >= 0.6 is 0 Å². The van der Waals surface area contributed by atoms with Crippen molar-refractivity contribution < 1.29 is 18.7 Å². The fraction of sp³-hybridized carbons (Fsp3) is 0.406. The number of fused-ring (bicyclic) bond motifs is 2. The zero-order chi connectivity index (χ0) is 30.0. The number of pyridine rings is 2. The van der Waals surface area contributed by atoms with Crippen LogP contribution < -0.4 is 10.6 Å². The topological polar surface area (TPSA) is 116 Å². The highest BCUT2D eigenvalue weighted by Gasteiger charge is 2.22. The molecular weight excluding hydrogens is 552 g/mol. The number of unbranched alkanes of at least 4 members (excludes halogenated alkanes) is 1. The highest BCUT2D eigenvalue weighted by molar-refractivity contribution is 5.92. The molecule has 5 rings (SSSR count). The molecule has 1 aliphatic heterocycles. The van der Waals surface area contributed by atoms with E-state index >= 15 is 0 Å². The number of para-hydroxylation sites is 1. The summed E-state index contributed by atoms with van der Waals surface area (Å²) < 4.78 is 26.2. The Labute approximate surface area is 249 Å². The zero-order valence-electron chi connectivity index (χ0n) is 24.1. The Balaban J connectivity index is 1.22. The third kappa shape index (κ3) is 8.41. The predicted molar refractivity (Wildman–Crippen MR) is 163 cm³/mol. The second-order valence-electron chi connectivity index (χ2n) is 10.8. The van der Waals surface area contributed by atoms with E-state index in [9.17, 15) is 18.7 Å². The highest BCUT2D eigenvalue weighted by atomic mass is 19.3. The molecule has 3 aromatic heterocycles. The van der Waals surface area contributed by atoms with Crippen molar-refractivity contribution in [1.29, 1.82) is 0 Å². The summed E-state index contributed by atoms with van der Waals surface area (Å²) in [4.78, 5) is 32.4. The number of carbonyl (C=O) groups is 1. The molecular formula is C32H37F2N7O2. The first-order valence-electron chi connectivity index (χ1n) is 14.9. The van der Waals surface area contributed by atoms with Gasteiger partial charge in [-0.15, -0.1) is 0 Å². The number of carboxylic acid groups (broad SMARTS) is 1. The van der Waals surface area contributed by atoms with Gasteiger partial charge in [-0.1, -0.05) is 18.2 Å². The molecule has 1 atom stereocenters. The maximum atomic E-state index is 13.1. The van der Waals surface area contributed by atoms with E-state index < -0.39 is 18.4 Å². The van der Waals surface area contributed by atoms with Crippen LogP contribution in [-0.2, 0) is 17.6 Å². The highest BCUT2D eigenvalue weighted by Crippen LogP contribution is 2.26. The monoisotopic (exact) mass is 589 g/mol. The van der Waals surface area contributed by atoms with E-state index in [1.807, 2.05) is 35.2 Å². The summed E-state index contributed by atoms with van der Waals surface area (Å²) >= 11 is 0. The normalized spacial score (nSPS) is 13.6. The minimum absolute atomic E-state index is 0.201. The van der Waals surface area contributed by atoms with Crippen LogP contribution in [0, 0.1) is 0 Å². The second kappa shape index (κ2) is 14.8. The molecule has 0 bridgehead atoms. The van der Waals surface area contributed by atoms with Crippen LogP contribution in [-0.4, -0.2) is 74.6 Å². The maximum Gasteiger partial charge on any atom is 0.326 e. The van der Waals surface area contributed by atoms with Crippen LogP contribution in [0.25, 0.3) is 22.3 Å². The van der Waals surface area contributed by atoms with Crippen LogP contribution in [0.15, 0.2) is 60.9 Å². The minimum Gasteiger partial charge on any atom is -0.480 e. The third-order valence-electron chi connectivity index (χ3n) is 7.64. The molecule has 226 valence electrons. The van der Waals surface area contributed by atoms with Crippen molar-refractivity contribution in [2.75, 3.05) is 36.8 Å². The molecule has 0 aliphatic carbocycles. The molecule has 11 heteroatoms. The Hall–Kier alpha value is -4.25. The number of benzene rings is 1. The van der Waals surface area contributed by atoms with E-state index in [0.29, 0.717) is 41.2 Å². The molecule has 4 heterocycles. The molecule has 0 fully saturated rings. The zero-order valence-corrected chi connectivity index (χ0v) is 24.1. The van der Waals surface area contributed by atoms with Gasteiger partial charge in [0, 0.05) is 55.1 Å². The number of hydrogen-bond donors (Lipinski definition) is 3. The first-order chi connectivity index (χ1) is 21.0. The summed E-state index contributed by atoms with van der Waals surface area (Å²) in [6.07, 6.45) is 5.48. The quantitative estimate of drug-likeness (QED) is 0.151. The molecule has 4 aromatic rings. The number of hydrogen-bond acceptors (Lipinski definition) is 8. The molecule has 0 saturated heterocycles. The van der Waals surface area contributed by atoms with Gasteiger partial charge in [-0.25, -0.2) is 28.5 Å². The summed E-state index contributed by atoms with van der Waals surface area (Å²) in [5, 5.41) is 17.2. The van der Waals surface area contributed by atoms with E-state index in [4.69, 9.17) is 4.98 Å². The Morgan fingerprint density at radius 3 is 2.67 bits per heavy atom. The number of halogens is 2. The first-order valence-corrected chi connectivity index (χ1v) is 14.9. The summed E-state index contributed by atoms with van der Waals surface area (Å²) in [5.74, 6) is 0.772. The van der Waals surface area contributed by atoms with E-state index in [2.05, 4.69) is 37.7 Å². The van der Waals surface area contributed by atoms with Gasteiger partial charge in [-0.3, -0.25) is 4.98 Å². The van der Waals surface area contributed by atoms with Gasteiger partial charge in [-0.05, 0) is 81.0 Å². The second-order valence-corrected chi connectivity index (χ2v) is 10.8. The molecule has 3 N–H and O–H groups in total. The van der Waals surface area contributed by atoms with Gasteiger partial charge in [0.05, 0.1) is 5.52 Å². The molecule has 0 saturated carbocycles. The van der Waals surface area contributed by atoms with Crippen molar-refractivity contribution in [3.8, 4) is 11.4 Å². The average molecular weight is 590 g/mol. The van der Waals surface area contributed by atoms with Crippen LogP contribution in [0.3, 0.4) is 0 Å². The number of aromatic nitrogens is 4. The van der Waals surface area contributed by atoms with E-state index in [-0.39, 0.29) is 19.4 Å². The molecule has 1 aromatic carbocycles. The van der Waals surface area contributed by atoms with Gasteiger partial charge in [0.1, 0.15) is 17.7 Å². The summed E-state index contributed by atoms with van der Waals surface area (Å²) in [5.41, 5.74) is 3.65. The number of anilines is 2. The SMILES string of the molecule is O=C(O)C(CCN(CCCCc1ccc2c(n1)NCCC2)CCC(F)F)Nc1nc(-c2cccnc2)nc2ccccc12. The smallest absolute Gasteiger partial charge is 0.326 e. The van der Waals surface area contributed by atoms with Crippen LogP contribution in [0.5, 0.6) is 0 Å². The molecule has 1 aliphatic rings. The van der Waals surface area contributed by atoms with Gasteiger partial charge >= 0.3 is 5.97 Å². The lowest BCUT2D eigenvalue weighted by molar-refractivity contribution is -0.138. The van der Waals surface area contributed by atoms with Crippen molar-refractivity contribution >= 4 is 28.5 Å². The lowest BCUT2D eigenvalue weighted by atomic mass is 10.1. The van der Waals surface area contributed by atoms with Crippen LogP contribution in [0.1, 0.15) is 43.4 Å². The largest absolute Gasteiger partial charge is 0.480 e. The standard InChI is InChI=1S/C32H37F2N7O2/c33-28(34)15-20-41(18-4-3-9-24-13-12-22-7-6-17-36-29(22)37-24)19-14-27(32(42)43)39-31-25-10-1-2-11-26(25)38-30(40-31)23-8-5-16-35-21-23/h1-2,5,8,10-13,16,21,27-28H,3-4,6-7,9,14-15,17-20H2,(H,36,37)(H,42,43)(H,38,39,40). The van der Waals surface area contributed by atoms with Crippen molar-refractivity contribution in [1.82, 2.24) is 24.8 Å². The van der Waals surface area contributed by atoms with Gasteiger partial charge in [0.2, 0.25) is 6.43 Å². The Morgan fingerprint density at radius 2 is 1.86 bits per heavy atom. The average Bonchev–Trinajstić information content (AvgIpc) is 3.03. The van der Waals surface area contributed by atoms with E-state index in [0.717, 1.165) is 50.2 Å². The molecule has 0 amide bonds. The number of aryl methyl sites for hydroxylation is 2. The molecule has 0 spiro atoms. The van der Waals surface area contributed by atoms with Gasteiger partial charge in [0.25, 0.3) is 0 Å². The van der Waals surface area contributed by atoms with Gasteiger partial charge in [0.15, 0.2) is 5.82 Å². The molecule has 9 nitrogen and oxygen atoms in total. The minimum atomic E-state index is -2.42. The molecule has 43 heavy (non-hydrogen) atoms. The summed E-state index contributed by atoms with van der Waals surface area (Å²) in [6.45, 7) is 2.10. The lowest BCUT2D eigenvalue weighted by Crippen LogP contribution is -2.36. The Kier molecular flexibility index (Phi) is 10.4. The number of alkyl halides is 2. The first kappa shape index (κ1) is 30.2. The fourth-order valence-corrected chi connectivity index (χ4v) is 5.31. The lowest BCUT2D eigenvalue weighted by Gasteiger charge is -2.25. The third-order valence-corrected chi connectivity index (χ3v) is 7.64. The number of nitrogens with one attached hydrogen (secondary N) is 2. The van der Waals surface area contributed by atoms with Crippen molar-refractivity contribution in [2.24, 2.45) is 0 Å². The van der Waals surface area contributed by atoms with Crippen molar-refractivity contribution in [3.05, 3.63) is 72.2 Å². The maximum absolute atomic E-state index is 13.1. The van der Waals surface area contributed by atoms with Crippen molar-refractivity contribution in [3.63, 3.8) is 0 Å². The molecule has 0 radical (unpaired) electrons. The Bertz CT molecular complexity index is 1510. The van der Waals surface area contributed by atoms with Gasteiger partial charge < -0.3 is 20.6 Å².